The molecular formula is C23H26N4O3. The van der Waals surface area contributed by atoms with Gasteiger partial charge >= 0.3 is 0 Å². The van der Waals surface area contributed by atoms with Gasteiger partial charge in [0.2, 0.25) is 5.91 Å². The topological polar surface area (TPSA) is 65.1 Å². The minimum atomic E-state index is -0.0850. The number of hydrazine groups is 1. The van der Waals surface area contributed by atoms with Crippen molar-refractivity contribution in [2.24, 2.45) is 0 Å². The van der Waals surface area contributed by atoms with E-state index in [-0.39, 0.29) is 18.2 Å². The van der Waals surface area contributed by atoms with Gasteiger partial charge in [0.1, 0.15) is 11.4 Å². The van der Waals surface area contributed by atoms with E-state index in [0.29, 0.717) is 18.8 Å². The van der Waals surface area contributed by atoms with Crippen LogP contribution >= 0.6 is 0 Å². The highest BCUT2D eigenvalue weighted by Crippen LogP contribution is 2.23. The van der Waals surface area contributed by atoms with E-state index in [9.17, 15) is 9.59 Å². The fourth-order valence-electron chi connectivity index (χ4n) is 3.69. The lowest BCUT2D eigenvalue weighted by molar-refractivity contribution is -0.128. The van der Waals surface area contributed by atoms with Crippen molar-refractivity contribution in [3.63, 3.8) is 0 Å². The van der Waals surface area contributed by atoms with Gasteiger partial charge in [0.25, 0.3) is 5.91 Å². The van der Waals surface area contributed by atoms with Crippen LogP contribution in [0.2, 0.25) is 0 Å². The highest BCUT2D eigenvalue weighted by molar-refractivity contribution is 6.01. The van der Waals surface area contributed by atoms with Gasteiger partial charge in [-0.3, -0.25) is 15.0 Å². The molecule has 2 amide bonds. The van der Waals surface area contributed by atoms with Crippen LogP contribution in [0.4, 0.5) is 11.4 Å². The number of amides is 2. The Morgan fingerprint density at radius 2 is 1.73 bits per heavy atom. The number of benzene rings is 2. The van der Waals surface area contributed by atoms with Crippen LogP contribution < -0.4 is 20.1 Å². The number of hydrogen-bond donors (Lipinski definition) is 1. The number of carbonyl (C=O) groups excluding carboxylic acids is 2. The minimum Gasteiger partial charge on any atom is -0.497 e. The summed E-state index contributed by atoms with van der Waals surface area (Å²) in [5, 5.41) is 1.46. The highest BCUT2D eigenvalue weighted by atomic mass is 16.5. The summed E-state index contributed by atoms with van der Waals surface area (Å²) >= 11 is 0. The first-order chi connectivity index (χ1) is 14.5. The molecule has 0 saturated carbocycles. The van der Waals surface area contributed by atoms with E-state index in [4.69, 9.17) is 4.74 Å². The molecule has 0 aliphatic carbocycles. The number of carbonyl (C=O) groups is 2. The summed E-state index contributed by atoms with van der Waals surface area (Å²) in [5.41, 5.74) is 6.40. The van der Waals surface area contributed by atoms with Gasteiger partial charge in [-0.1, -0.05) is 23.8 Å². The summed E-state index contributed by atoms with van der Waals surface area (Å²) in [6.45, 7) is 4.72. The van der Waals surface area contributed by atoms with Gasteiger partial charge in [0, 0.05) is 44.4 Å². The monoisotopic (exact) mass is 406 g/mol. The zero-order valence-corrected chi connectivity index (χ0v) is 17.3. The number of aryl methyl sites for hydroxylation is 1. The maximum absolute atomic E-state index is 13.1. The predicted octanol–water partition coefficient (Wildman–Crippen LogP) is 2.48. The van der Waals surface area contributed by atoms with Gasteiger partial charge in [0.15, 0.2) is 0 Å². The molecule has 0 spiro atoms. The quantitative estimate of drug-likeness (QED) is 0.845. The van der Waals surface area contributed by atoms with Crippen LogP contribution in [0.25, 0.3) is 0 Å². The second-order valence-electron chi connectivity index (χ2n) is 7.48. The fraction of sp³-hybridized carbons (Fsp3) is 0.304. The zero-order valence-electron chi connectivity index (χ0n) is 17.3. The molecule has 2 aliphatic rings. The largest absolute Gasteiger partial charge is 0.497 e. The number of hydrogen-bond acceptors (Lipinski definition) is 5. The lowest BCUT2D eigenvalue weighted by Crippen LogP contribution is -2.53. The standard InChI is InChI=1S/C23H26N4O3/c1-17-6-8-18(9-7-17)27-22(28)11-10-21(24-27)23(29)26-14-12-25(13-15-26)19-4-3-5-20(16-19)30-2/h3-10,16,24H,11-15H2,1-2H3. The van der Waals surface area contributed by atoms with E-state index in [1.54, 1.807) is 13.2 Å². The number of ether oxygens (including phenoxy) is 1. The number of piperazine rings is 1. The molecule has 0 atom stereocenters. The third-order valence-electron chi connectivity index (χ3n) is 5.47. The van der Waals surface area contributed by atoms with E-state index in [1.165, 1.54) is 5.01 Å². The smallest absolute Gasteiger partial charge is 0.271 e. The van der Waals surface area contributed by atoms with Gasteiger partial charge in [0.05, 0.1) is 12.8 Å². The Balaban J connectivity index is 1.40. The van der Waals surface area contributed by atoms with Crippen molar-refractivity contribution in [2.45, 2.75) is 13.3 Å². The maximum Gasteiger partial charge on any atom is 0.271 e. The van der Waals surface area contributed by atoms with Crippen molar-refractivity contribution in [2.75, 3.05) is 43.2 Å². The summed E-state index contributed by atoms with van der Waals surface area (Å²) < 4.78 is 5.31. The molecule has 0 unspecified atom stereocenters. The van der Waals surface area contributed by atoms with Crippen molar-refractivity contribution in [1.82, 2.24) is 10.3 Å². The normalized spacial score (nSPS) is 16.8. The van der Waals surface area contributed by atoms with Crippen LogP contribution in [0.3, 0.4) is 0 Å². The van der Waals surface area contributed by atoms with Gasteiger partial charge in [-0.15, -0.1) is 0 Å². The van der Waals surface area contributed by atoms with Crippen molar-refractivity contribution < 1.29 is 14.3 Å². The Morgan fingerprint density at radius 3 is 2.43 bits per heavy atom. The van der Waals surface area contributed by atoms with Gasteiger partial charge < -0.3 is 14.5 Å². The summed E-state index contributed by atoms with van der Waals surface area (Å²) in [6, 6.07) is 15.6. The van der Waals surface area contributed by atoms with Crippen LogP contribution in [0.1, 0.15) is 12.0 Å². The fourth-order valence-corrected chi connectivity index (χ4v) is 3.69. The Labute approximate surface area is 176 Å². The first-order valence-corrected chi connectivity index (χ1v) is 10.1. The Bertz CT molecular complexity index is 963. The van der Waals surface area contributed by atoms with Crippen molar-refractivity contribution in [1.29, 1.82) is 0 Å². The molecule has 156 valence electrons. The lowest BCUT2D eigenvalue weighted by Gasteiger charge is -2.37. The highest BCUT2D eigenvalue weighted by Gasteiger charge is 2.29. The summed E-state index contributed by atoms with van der Waals surface area (Å²) in [5.74, 6) is 0.659. The van der Waals surface area contributed by atoms with Crippen LogP contribution in [-0.2, 0) is 9.59 Å². The van der Waals surface area contributed by atoms with Gasteiger partial charge in [-0.2, -0.15) is 0 Å². The summed E-state index contributed by atoms with van der Waals surface area (Å²) in [7, 11) is 1.66. The number of anilines is 2. The number of nitrogens with one attached hydrogen (secondary N) is 1. The second kappa shape index (κ2) is 8.49. The third-order valence-corrected chi connectivity index (χ3v) is 5.47. The first-order valence-electron chi connectivity index (χ1n) is 10.1. The van der Waals surface area contributed by atoms with Crippen LogP contribution in [0, 0.1) is 6.92 Å². The molecule has 2 aromatic carbocycles. The SMILES string of the molecule is COc1cccc(N2CCN(C(=O)C3=CCC(=O)N(c4ccc(C)cc4)N3)CC2)c1. The summed E-state index contributed by atoms with van der Waals surface area (Å²) in [6.07, 6.45) is 1.88. The average Bonchev–Trinajstić information content (AvgIpc) is 2.80. The second-order valence-corrected chi connectivity index (χ2v) is 7.48. The van der Waals surface area contributed by atoms with Crippen LogP contribution in [-0.4, -0.2) is 50.0 Å². The molecule has 0 radical (unpaired) electrons. The maximum atomic E-state index is 13.1. The van der Waals surface area contributed by atoms with Crippen molar-refractivity contribution >= 4 is 23.2 Å². The Hall–Kier alpha value is -3.48. The molecule has 30 heavy (non-hydrogen) atoms. The molecule has 7 heteroatoms. The number of methoxy groups -OCH3 is 1. The van der Waals surface area contributed by atoms with Crippen molar-refractivity contribution in [3.8, 4) is 5.75 Å². The summed E-state index contributed by atoms with van der Waals surface area (Å²) in [4.78, 5) is 29.5. The Morgan fingerprint density at radius 1 is 1.00 bits per heavy atom. The van der Waals surface area contributed by atoms with E-state index >= 15 is 0 Å². The lowest BCUT2D eigenvalue weighted by atomic mass is 10.2. The molecule has 0 aromatic heterocycles. The predicted molar refractivity (Wildman–Crippen MR) is 116 cm³/mol. The average molecular weight is 406 g/mol. The Kier molecular flexibility index (Phi) is 5.61. The molecule has 1 saturated heterocycles. The van der Waals surface area contributed by atoms with E-state index in [2.05, 4.69) is 16.4 Å². The van der Waals surface area contributed by atoms with Gasteiger partial charge in [-0.05, 0) is 37.3 Å². The molecule has 4 rings (SSSR count). The molecule has 2 heterocycles. The molecule has 7 nitrogen and oxygen atoms in total. The third kappa shape index (κ3) is 4.10. The molecule has 0 bridgehead atoms. The molecular weight excluding hydrogens is 380 g/mol. The van der Waals surface area contributed by atoms with Crippen molar-refractivity contribution in [3.05, 3.63) is 65.9 Å². The van der Waals surface area contributed by atoms with E-state index in [1.807, 2.05) is 54.3 Å². The van der Waals surface area contributed by atoms with Crippen LogP contribution in [0.5, 0.6) is 5.75 Å². The van der Waals surface area contributed by atoms with Crippen LogP contribution in [0.15, 0.2) is 60.3 Å². The van der Waals surface area contributed by atoms with Gasteiger partial charge in [-0.25, -0.2) is 5.01 Å². The zero-order chi connectivity index (χ0) is 21.1. The molecule has 1 N–H and O–H groups in total. The molecule has 2 aromatic rings. The van der Waals surface area contributed by atoms with E-state index in [0.717, 1.165) is 35.8 Å². The first kappa shape index (κ1) is 19.8. The van der Waals surface area contributed by atoms with E-state index < -0.39 is 0 Å². The molecule has 2 aliphatic heterocycles. The molecule has 1 fully saturated rings. The minimum absolute atomic E-state index is 0.0788. The number of nitrogens with zero attached hydrogens (tertiary/aromatic N) is 3. The number of rotatable bonds is 4.